The van der Waals surface area contributed by atoms with E-state index in [-0.39, 0.29) is 6.61 Å². The van der Waals surface area contributed by atoms with Gasteiger partial charge in [0.1, 0.15) is 23.9 Å². The molecule has 3 heterocycles. The first kappa shape index (κ1) is 17.2. The van der Waals surface area contributed by atoms with Gasteiger partial charge in [-0.3, -0.25) is 0 Å². The van der Waals surface area contributed by atoms with E-state index in [0.29, 0.717) is 28.3 Å². The maximum atomic E-state index is 10.4. The predicted molar refractivity (Wildman–Crippen MR) is 98.7 cm³/mol. The van der Waals surface area contributed by atoms with Crippen molar-refractivity contribution in [1.82, 2.24) is 14.5 Å². The molecule has 1 aliphatic heterocycles. The second-order valence-electron chi connectivity index (χ2n) is 6.51. The number of halogens is 1. The molecular weight excluding hydrogens is 356 g/mol. The first-order valence-electron chi connectivity index (χ1n) is 8.31. The van der Waals surface area contributed by atoms with Crippen molar-refractivity contribution in [2.24, 2.45) is 0 Å². The number of ether oxygens (including phenoxy) is 1. The van der Waals surface area contributed by atoms with Crippen molar-refractivity contribution in [3.8, 4) is 11.1 Å². The van der Waals surface area contributed by atoms with Crippen molar-refractivity contribution in [2.45, 2.75) is 31.8 Å². The lowest BCUT2D eigenvalue weighted by Gasteiger charge is -2.17. The van der Waals surface area contributed by atoms with Crippen LogP contribution >= 0.6 is 11.6 Å². The van der Waals surface area contributed by atoms with Crippen LogP contribution in [-0.4, -0.2) is 43.6 Å². The molecule has 8 heteroatoms. The van der Waals surface area contributed by atoms with Gasteiger partial charge in [-0.15, -0.1) is 0 Å². The van der Waals surface area contributed by atoms with Crippen molar-refractivity contribution in [3.05, 3.63) is 41.3 Å². The van der Waals surface area contributed by atoms with Gasteiger partial charge in [0.25, 0.3) is 0 Å². The van der Waals surface area contributed by atoms with E-state index in [0.717, 1.165) is 16.7 Å². The fraction of sp³-hybridized carbons (Fsp3) is 0.333. The Kier molecular flexibility index (Phi) is 4.32. The molecule has 4 N–H and O–H groups in total. The minimum atomic E-state index is -0.756. The van der Waals surface area contributed by atoms with E-state index in [2.05, 4.69) is 9.97 Å². The summed E-state index contributed by atoms with van der Waals surface area (Å²) in [5, 5.41) is 21.0. The van der Waals surface area contributed by atoms with Gasteiger partial charge >= 0.3 is 0 Å². The Labute approximate surface area is 155 Å². The lowest BCUT2D eigenvalue weighted by molar-refractivity contribution is -0.0483. The average molecular weight is 375 g/mol. The number of anilines is 1. The fourth-order valence-corrected chi connectivity index (χ4v) is 3.56. The second kappa shape index (κ2) is 6.51. The summed E-state index contributed by atoms with van der Waals surface area (Å²) >= 11 is 6.29. The zero-order valence-corrected chi connectivity index (χ0v) is 14.9. The quantitative estimate of drug-likeness (QED) is 0.649. The molecule has 0 radical (unpaired) electrons. The molecule has 0 bridgehead atoms. The number of fused-ring (bicyclic) bond motifs is 1. The molecule has 0 saturated carbocycles. The Morgan fingerprint density at radius 1 is 1.38 bits per heavy atom. The highest BCUT2D eigenvalue weighted by Crippen LogP contribution is 2.38. The molecule has 3 aromatic rings. The summed E-state index contributed by atoms with van der Waals surface area (Å²) in [5.74, 6) is 0.339. The zero-order valence-electron chi connectivity index (χ0n) is 14.1. The summed E-state index contributed by atoms with van der Waals surface area (Å²) in [6.07, 6.45) is 1.75. The maximum Gasteiger partial charge on any atom is 0.161 e. The van der Waals surface area contributed by atoms with Gasteiger partial charge in [0.05, 0.1) is 18.1 Å². The Balaban J connectivity index is 1.91. The number of aliphatic hydroxyl groups is 2. The number of nitrogens with zero attached hydrogens (tertiary/aromatic N) is 3. The Bertz CT molecular complexity index is 974. The maximum absolute atomic E-state index is 10.4. The summed E-state index contributed by atoms with van der Waals surface area (Å²) < 4.78 is 7.53. The lowest BCUT2D eigenvalue weighted by Crippen LogP contribution is -2.19. The zero-order chi connectivity index (χ0) is 18.4. The summed E-state index contributed by atoms with van der Waals surface area (Å²) in [5.41, 5.74) is 9.34. The van der Waals surface area contributed by atoms with Gasteiger partial charge in [-0.1, -0.05) is 23.7 Å². The summed E-state index contributed by atoms with van der Waals surface area (Å²) in [6, 6.07) is 5.75. The second-order valence-corrected chi connectivity index (χ2v) is 6.91. The molecule has 0 amide bonds. The standard InChI is InChI=1S/C18H19ClN4O3/c1-9-2-3-10(4-13(9)19)12-6-23(17-15(12)16(20)21-8-22-17)18-14(25)5-11(7-24)26-18/h2-4,6,8,11,14,18,24-25H,5,7H2,1H3,(H2,20,21,22)/t11-,14+,18+/m0/s1. The number of aromatic nitrogens is 3. The van der Waals surface area contributed by atoms with Gasteiger partial charge in [0.2, 0.25) is 0 Å². The van der Waals surface area contributed by atoms with Gasteiger partial charge in [-0.05, 0) is 24.1 Å². The van der Waals surface area contributed by atoms with Crippen molar-refractivity contribution < 1.29 is 14.9 Å². The van der Waals surface area contributed by atoms with Crippen LogP contribution in [0.25, 0.3) is 22.2 Å². The van der Waals surface area contributed by atoms with E-state index < -0.39 is 18.4 Å². The van der Waals surface area contributed by atoms with Crippen LogP contribution in [0.4, 0.5) is 5.82 Å². The highest BCUT2D eigenvalue weighted by molar-refractivity contribution is 6.31. The fourth-order valence-electron chi connectivity index (χ4n) is 3.38. The molecule has 1 aliphatic rings. The Morgan fingerprint density at radius 3 is 2.88 bits per heavy atom. The number of aryl methyl sites for hydroxylation is 1. The van der Waals surface area contributed by atoms with E-state index in [9.17, 15) is 10.2 Å². The molecule has 0 spiro atoms. The van der Waals surface area contributed by atoms with Crippen LogP contribution < -0.4 is 5.73 Å². The molecule has 4 rings (SSSR count). The summed E-state index contributed by atoms with van der Waals surface area (Å²) in [4.78, 5) is 8.44. The average Bonchev–Trinajstić information content (AvgIpc) is 3.18. The molecule has 26 heavy (non-hydrogen) atoms. The van der Waals surface area contributed by atoms with E-state index in [1.807, 2.05) is 31.3 Å². The summed E-state index contributed by atoms with van der Waals surface area (Å²) in [6.45, 7) is 1.79. The molecular formula is C18H19ClN4O3. The SMILES string of the molecule is Cc1ccc(-c2cn([C@@H]3O[C@H](CO)C[C@H]3O)c3ncnc(N)c23)cc1Cl. The molecule has 1 saturated heterocycles. The minimum absolute atomic E-state index is 0.149. The molecule has 0 aliphatic carbocycles. The van der Waals surface area contributed by atoms with E-state index >= 15 is 0 Å². The number of hydrogen-bond donors (Lipinski definition) is 3. The van der Waals surface area contributed by atoms with Crippen molar-refractivity contribution in [2.75, 3.05) is 12.3 Å². The normalized spacial score (nSPS) is 23.0. The summed E-state index contributed by atoms with van der Waals surface area (Å²) in [7, 11) is 0. The topological polar surface area (TPSA) is 106 Å². The van der Waals surface area contributed by atoms with Gasteiger partial charge in [-0.25, -0.2) is 9.97 Å². The van der Waals surface area contributed by atoms with Gasteiger partial charge in [0, 0.05) is 23.2 Å². The van der Waals surface area contributed by atoms with E-state index in [1.54, 1.807) is 4.57 Å². The van der Waals surface area contributed by atoms with Crippen LogP contribution in [0.15, 0.2) is 30.7 Å². The third kappa shape index (κ3) is 2.73. The molecule has 7 nitrogen and oxygen atoms in total. The number of rotatable bonds is 3. The predicted octanol–water partition coefficient (Wildman–Crippen LogP) is 2.28. The van der Waals surface area contributed by atoms with Crippen molar-refractivity contribution in [1.29, 1.82) is 0 Å². The van der Waals surface area contributed by atoms with Crippen LogP contribution in [0, 0.1) is 6.92 Å². The monoisotopic (exact) mass is 374 g/mol. The molecule has 1 fully saturated rings. The molecule has 1 aromatic carbocycles. The smallest absolute Gasteiger partial charge is 0.161 e. The third-order valence-corrected chi connectivity index (χ3v) is 5.17. The van der Waals surface area contributed by atoms with Crippen LogP contribution in [-0.2, 0) is 4.74 Å². The number of nitrogens with two attached hydrogens (primary N) is 1. The number of nitrogen functional groups attached to an aromatic ring is 1. The molecule has 3 atom stereocenters. The molecule has 0 unspecified atom stereocenters. The van der Waals surface area contributed by atoms with Crippen LogP contribution in [0.5, 0.6) is 0 Å². The highest BCUT2D eigenvalue weighted by atomic mass is 35.5. The number of hydrogen-bond acceptors (Lipinski definition) is 6. The van der Waals surface area contributed by atoms with Gasteiger partial charge in [-0.2, -0.15) is 0 Å². The van der Waals surface area contributed by atoms with Gasteiger partial charge < -0.3 is 25.3 Å². The van der Waals surface area contributed by atoms with E-state index in [4.69, 9.17) is 22.1 Å². The van der Waals surface area contributed by atoms with Gasteiger partial charge in [0.15, 0.2) is 6.23 Å². The van der Waals surface area contributed by atoms with Crippen LogP contribution in [0.3, 0.4) is 0 Å². The van der Waals surface area contributed by atoms with Crippen molar-refractivity contribution in [3.63, 3.8) is 0 Å². The first-order chi connectivity index (χ1) is 12.5. The lowest BCUT2D eigenvalue weighted by atomic mass is 10.0. The van der Waals surface area contributed by atoms with Crippen LogP contribution in [0.1, 0.15) is 18.2 Å². The van der Waals surface area contributed by atoms with E-state index in [1.165, 1.54) is 6.33 Å². The molecule has 136 valence electrons. The Hall–Kier alpha value is -2.19. The van der Waals surface area contributed by atoms with Crippen LogP contribution in [0.2, 0.25) is 5.02 Å². The van der Waals surface area contributed by atoms with Crippen molar-refractivity contribution >= 4 is 28.5 Å². The highest BCUT2D eigenvalue weighted by Gasteiger charge is 2.36. The molecule has 2 aromatic heterocycles. The number of aliphatic hydroxyl groups excluding tert-OH is 2. The first-order valence-corrected chi connectivity index (χ1v) is 8.69. The third-order valence-electron chi connectivity index (χ3n) is 4.76. The minimum Gasteiger partial charge on any atom is -0.394 e. The number of benzene rings is 1. The Morgan fingerprint density at radius 2 is 2.19 bits per heavy atom. The largest absolute Gasteiger partial charge is 0.394 e.